The quantitative estimate of drug-likeness (QED) is 0.393. The Balaban J connectivity index is 1.51. The Bertz CT molecular complexity index is 1470. The molecule has 9 heteroatoms. The van der Waals surface area contributed by atoms with E-state index in [0.29, 0.717) is 34.9 Å². The van der Waals surface area contributed by atoms with Crippen LogP contribution in [0, 0.1) is 19.7 Å². The van der Waals surface area contributed by atoms with E-state index in [4.69, 9.17) is 16.3 Å². The highest BCUT2D eigenvalue weighted by atomic mass is 35.5. The zero-order valence-electron chi connectivity index (χ0n) is 20.2. The third-order valence-corrected chi connectivity index (χ3v) is 6.92. The van der Waals surface area contributed by atoms with E-state index >= 15 is 0 Å². The lowest BCUT2D eigenvalue weighted by Gasteiger charge is -2.27. The van der Waals surface area contributed by atoms with Crippen LogP contribution in [0.2, 0.25) is 5.02 Å². The van der Waals surface area contributed by atoms with Gasteiger partial charge in [-0.15, -0.1) is 0 Å². The monoisotopic (exact) mass is 508 g/mol. The summed E-state index contributed by atoms with van der Waals surface area (Å²) in [5.74, 6) is -0.152. The second kappa shape index (κ2) is 9.52. The fourth-order valence-corrected chi connectivity index (χ4v) is 5.12. The van der Waals surface area contributed by atoms with Crippen LogP contribution in [0.1, 0.15) is 41.8 Å². The summed E-state index contributed by atoms with van der Waals surface area (Å²) in [6, 6.07) is 11.0. The zero-order valence-corrected chi connectivity index (χ0v) is 21.0. The first-order valence-electron chi connectivity index (χ1n) is 11.7. The molecule has 0 unspecified atom stereocenters. The van der Waals surface area contributed by atoms with Crippen LogP contribution in [-0.4, -0.2) is 43.3 Å². The Kier molecular flexibility index (Phi) is 6.40. The van der Waals surface area contributed by atoms with Crippen molar-refractivity contribution in [2.45, 2.75) is 45.9 Å². The lowest BCUT2D eigenvalue weighted by atomic mass is 9.98. The van der Waals surface area contributed by atoms with Gasteiger partial charge in [0.25, 0.3) is 5.91 Å². The van der Waals surface area contributed by atoms with E-state index in [-0.39, 0.29) is 18.6 Å². The van der Waals surface area contributed by atoms with Crippen LogP contribution in [0.15, 0.2) is 48.8 Å². The van der Waals surface area contributed by atoms with Crippen molar-refractivity contribution in [2.75, 3.05) is 6.54 Å². The molecular weight excluding hydrogens is 483 g/mol. The summed E-state index contributed by atoms with van der Waals surface area (Å²) in [6.45, 7) is 6.38. The number of para-hydroxylation sites is 1. The number of amides is 1. The fourth-order valence-electron chi connectivity index (χ4n) is 4.78. The van der Waals surface area contributed by atoms with Crippen molar-refractivity contribution >= 4 is 28.4 Å². The number of rotatable bonds is 6. The molecule has 3 heterocycles. The van der Waals surface area contributed by atoms with Gasteiger partial charge in [-0.3, -0.25) is 4.79 Å². The predicted octanol–water partition coefficient (Wildman–Crippen LogP) is 5.06. The first-order chi connectivity index (χ1) is 17.2. The largest absolute Gasteiger partial charge is 0.487 e. The summed E-state index contributed by atoms with van der Waals surface area (Å²) in [5, 5.41) is 15.4. The summed E-state index contributed by atoms with van der Waals surface area (Å²) in [4.78, 5) is 18.8. The Morgan fingerprint density at radius 1 is 1.28 bits per heavy atom. The van der Waals surface area contributed by atoms with Crippen LogP contribution in [0.4, 0.5) is 4.39 Å². The number of aliphatic hydroxyl groups excluding tert-OH is 1. The van der Waals surface area contributed by atoms with E-state index in [1.807, 2.05) is 57.2 Å². The highest BCUT2D eigenvalue weighted by Crippen LogP contribution is 2.35. The molecule has 7 nitrogen and oxygen atoms in total. The highest BCUT2D eigenvalue weighted by Gasteiger charge is 2.34. The van der Waals surface area contributed by atoms with E-state index < -0.39 is 11.9 Å². The number of aryl methyl sites for hydroxylation is 2. The van der Waals surface area contributed by atoms with Crippen LogP contribution in [0.25, 0.3) is 16.6 Å². The van der Waals surface area contributed by atoms with E-state index in [2.05, 4.69) is 10.1 Å². The zero-order chi connectivity index (χ0) is 25.6. The number of halogens is 2. The molecule has 4 aromatic rings. The van der Waals surface area contributed by atoms with Crippen molar-refractivity contribution < 1.29 is 19.0 Å². The van der Waals surface area contributed by atoms with Crippen LogP contribution < -0.4 is 4.74 Å². The Labute approximate surface area is 213 Å². The van der Waals surface area contributed by atoms with Gasteiger partial charge in [-0.05, 0) is 56.5 Å². The van der Waals surface area contributed by atoms with Crippen molar-refractivity contribution in [1.82, 2.24) is 19.7 Å². The summed E-state index contributed by atoms with van der Waals surface area (Å²) in [7, 11) is 0. The number of nitrogens with zero attached hydrogens (tertiary/aromatic N) is 4. The van der Waals surface area contributed by atoms with E-state index in [9.17, 15) is 14.3 Å². The second-order valence-corrected chi connectivity index (χ2v) is 9.56. The van der Waals surface area contributed by atoms with E-state index in [1.165, 1.54) is 10.9 Å². The van der Waals surface area contributed by atoms with Crippen molar-refractivity contribution in [3.63, 3.8) is 0 Å². The lowest BCUT2D eigenvalue weighted by molar-refractivity contribution is -0.136. The van der Waals surface area contributed by atoms with Gasteiger partial charge in [0.15, 0.2) is 5.82 Å². The molecule has 0 spiro atoms. The highest BCUT2D eigenvalue weighted by molar-refractivity contribution is 6.31. The van der Waals surface area contributed by atoms with Gasteiger partial charge in [-0.25, -0.2) is 14.1 Å². The first kappa shape index (κ1) is 24.2. The molecule has 2 aromatic heterocycles. The van der Waals surface area contributed by atoms with Gasteiger partial charge in [-0.2, -0.15) is 5.10 Å². The SMILES string of the molecule is Cc1cc(Cl)c(COc2cccc3c(-n4cc(F)cn4)cc(C)nc23)c([C@H](C)N2CC[C@H](O)C2=O)c1. The van der Waals surface area contributed by atoms with Crippen molar-refractivity contribution in [2.24, 2.45) is 0 Å². The van der Waals surface area contributed by atoms with Crippen molar-refractivity contribution in [1.29, 1.82) is 0 Å². The van der Waals surface area contributed by atoms with Gasteiger partial charge < -0.3 is 14.7 Å². The average molecular weight is 509 g/mol. The normalized spacial score (nSPS) is 16.7. The summed E-state index contributed by atoms with van der Waals surface area (Å²) < 4.78 is 21.4. The molecule has 1 saturated heterocycles. The first-order valence-corrected chi connectivity index (χ1v) is 12.1. The van der Waals surface area contributed by atoms with Crippen LogP contribution >= 0.6 is 11.6 Å². The Morgan fingerprint density at radius 3 is 2.78 bits per heavy atom. The van der Waals surface area contributed by atoms with Crippen molar-refractivity contribution in [3.05, 3.63) is 82.0 Å². The standard InChI is InChI=1S/C27H26ClFN4O3/c1-15-9-20(17(3)32-8-7-24(34)27(32)35)21(22(28)10-15)14-36-25-6-4-5-19-23(11-16(2)31-26(19)25)33-13-18(29)12-30-33/h4-6,9-13,17,24,34H,7-8,14H2,1-3H3/t17-,24-/m0/s1. The maximum Gasteiger partial charge on any atom is 0.251 e. The summed E-state index contributed by atoms with van der Waals surface area (Å²) in [5.41, 5.74) is 4.66. The predicted molar refractivity (Wildman–Crippen MR) is 135 cm³/mol. The number of carbonyl (C=O) groups is 1. The van der Waals surface area contributed by atoms with Crippen LogP contribution in [0.5, 0.6) is 5.75 Å². The molecule has 1 aliphatic rings. The molecule has 1 N–H and O–H groups in total. The molecule has 186 valence electrons. The maximum atomic E-state index is 13.7. The third-order valence-electron chi connectivity index (χ3n) is 6.58. The third kappa shape index (κ3) is 4.42. The minimum atomic E-state index is -0.963. The molecule has 2 atom stereocenters. The van der Waals surface area contributed by atoms with Gasteiger partial charge in [0.05, 0.1) is 24.1 Å². The van der Waals surface area contributed by atoms with Gasteiger partial charge in [0.2, 0.25) is 0 Å². The van der Waals surface area contributed by atoms with E-state index in [1.54, 1.807) is 4.90 Å². The number of ether oxygens (including phenoxy) is 1. The van der Waals surface area contributed by atoms with Gasteiger partial charge in [0.1, 0.15) is 24.0 Å². The molecule has 36 heavy (non-hydrogen) atoms. The molecule has 1 amide bonds. The topological polar surface area (TPSA) is 80.5 Å². The van der Waals surface area contributed by atoms with Gasteiger partial charge in [0, 0.05) is 28.2 Å². The van der Waals surface area contributed by atoms with E-state index in [0.717, 1.165) is 34.0 Å². The molecule has 1 aliphatic heterocycles. The smallest absolute Gasteiger partial charge is 0.251 e. The molecule has 0 radical (unpaired) electrons. The number of aromatic nitrogens is 3. The molecule has 0 bridgehead atoms. The fraction of sp³-hybridized carbons (Fsp3) is 0.296. The summed E-state index contributed by atoms with van der Waals surface area (Å²) in [6.07, 6.45) is 1.93. The minimum absolute atomic E-state index is 0.157. The van der Waals surface area contributed by atoms with Crippen LogP contribution in [-0.2, 0) is 11.4 Å². The number of fused-ring (bicyclic) bond motifs is 1. The lowest BCUT2D eigenvalue weighted by Crippen LogP contribution is -2.32. The van der Waals surface area contributed by atoms with Gasteiger partial charge in [-0.1, -0.05) is 29.8 Å². The minimum Gasteiger partial charge on any atom is -0.487 e. The molecule has 1 fully saturated rings. The second-order valence-electron chi connectivity index (χ2n) is 9.15. The average Bonchev–Trinajstić information content (AvgIpc) is 3.42. The van der Waals surface area contributed by atoms with Gasteiger partial charge >= 0.3 is 0 Å². The van der Waals surface area contributed by atoms with Crippen LogP contribution in [0.3, 0.4) is 0 Å². The summed E-state index contributed by atoms with van der Waals surface area (Å²) >= 11 is 6.67. The number of carbonyl (C=O) groups excluding carboxylic acids is 1. The number of likely N-dealkylation sites (tertiary alicyclic amines) is 1. The Hall–Kier alpha value is -3.49. The molecule has 2 aromatic carbocycles. The van der Waals surface area contributed by atoms with Crippen molar-refractivity contribution in [3.8, 4) is 11.4 Å². The molecule has 5 rings (SSSR count). The number of aliphatic hydroxyl groups is 1. The molecule has 0 saturated carbocycles. The number of benzene rings is 2. The number of hydrogen-bond acceptors (Lipinski definition) is 5. The molecule has 0 aliphatic carbocycles. The number of pyridine rings is 1. The Morgan fingerprint density at radius 2 is 2.08 bits per heavy atom. The number of hydrogen-bond donors (Lipinski definition) is 1. The maximum absolute atomic E-state index is 13.7. The molecular formula is C27H26ClFN4O3.